The van der Waals surface area contributed by atoms with Crippen LogP contribution in [-0.2, 0) is 9.53 Å². The van der Waals surface area contributed by atoms with Gasteiger partial charge < -0.3 is 9.64 Å². The summed E-state index contributed by atoms with van der Waals surface area (Å²) in [4.78, 5) is 15.2. The van der Waals surface area contributed by atoms with E-state index in [9.17, 15) is 4.79 Å². The van der Waals surface area contributed by atoms with Crippen LogP contribution >= 0.6 is 23.4 Å². The van der Waals surface area contributed by atoms with Crippen LogP contribution in [0.15, 0.2) is 29.2 Å². The molecule has 1 aliphatic heterocycles. The number of benzene rings is 1. The van der Waals surface area contributed by atoms with E-state index in [0.29, 0.717) is 23.9 Å². The third-order valence-corrected chi connectivity index (χ3v) is 4.35. The third kappa shape index (κ3) is 4.13. The monoisotopic (exact) mass is 299 g/mol. The molecule has 0 N–H and O–H groups in total. The van der Waals surface area contributed by atoms with Crippen LogP contribution in [0.5, 0.6) is 0 Å². The molecule has 1 saturated heterocycles. The van der Waals surface area contributed by atoms with Gasteiger partial charge >= 0.3 is 0 Å². The number of ether oxygens (including phenoxy) is 1. The lowest BCUT2D eigenvalue weighted by molar-refractivity contribution is -0.140. The van der Waals surface area contributed by atoms with Crippen LogP contribution in [0.1, 0.15) is 13.8 Å². The molecule has 2 atom stereocenters. The highest BCUT2D eigenvalue weighted by Gasteiger charge is 2.27. The number of morpholine rings is 1. The lowest BCUT2D eigenvalue weighted by atomic mass is 10.2. The van der Waals surface area contributed by atoms with Gasteiger partial charge in [-0.2, -0.15) is 0 Å². The Morgan fingerprint density at radius 2 is 2.11 bits per heavy atom. The van der Waals surface area contributed by atoms with Crippen molar-refractivity contribution in [1.82, 2.24) is 4.90 Å². The van der Waals surface area contributed by atoms with E-state index in [1.165, 1.54) is 0 Å². The Kier molecular flexibility index (Phi) is 5.13. The van der Waals surface area contributed by atoms with Crippen molar-refractivity contribution in [2.45, 2.75) is 30.9 Å². The van der Waals surface area contributed by atoms with Crippen molar-refractivity contribution in [3.8, 4) is 0 Å². The summed E-state index contributed by atoms with van der Waals surface area (Å²) >= 11 is 7.38. The van der Waals surface area contributed by atoms with E-state index in [1.807, 2.05) is 43.0 Å². The highest BCUT2D eigenvalue weighted by molar-refractivity contribution is 8.00. The Labute approximate surface area is 123 Å². The normalized spacial score (nSPS) is 23.4. The molecular formula is C14H18ClNO2S. The first-order valence-electron chi connectivity index (χ1n) is 6.35. The molecule has 0 saturated carbocycles. The SMILES string of the molecule is CC1CN(C(=O)CSc2ccc(Cl)cc2)C(C)CO1. The standard InChI is InChI=1S/C14H18ClNO2S/c1-10-8-18-11(2)7-16(10)14(17)9-19-13-5-3-12(15)4-6-13/h3-6,10-11H,7-9H2,1-2H3. The van der Waals surface area contributed by atoms with Crippen LogP contribution in [0.4, 0.5) is 0 Å². The Bertz CT molecular complexity index is 438. The van der Waals surface area contributed by atoms with Gasteiger partial charge in [-0.25, -0.2) is 0 Å². The van der Waals surface area contributed by atoms with Gasteiger partial charge in [0.15, 0.2) is 0 Å². The maximum Gasteiger partial charge on any atom is 0.233 e. The van der Waals surface area contributed by atoms with Gasteiger partial charge in [0, 0.05) is 16.5 Å². The molecule has 1 heterocycles. The summed E-state index contributed by atoms with van der Waals surface area (Å²) in [5.41, 5.74) is 0. The zero-order valence-electron chi connectivity index (χ0n) is 11.1. The van der Waals surface area contributed by atoms with E-state index in [4.69, 9.17) is 16.3 Å². The average molecular weight is 300 g/mol. The molecule has 1 aromatic carbocycles. The first kappa shape index (κ1) is 14.7. The van der Waals surface area contributed by atoms with Crippen LogP contribution in [0.25, 0.3) is 0 Å². The van der Waals surface area contributed by atoms with Gasteiger partial charge in [-0.15, -0.1) is 11.8 Å². The molecule has 3 nitrogen and oxygen atoms in total. The minimum Gasteiger partial charge on any atom is -0.375 e. The summed E-state index contributed by atoms with van der Waals surface area (Å²) in [5.74, 6) is 0.626. The molecule has 0 radical (unpaired) electrons. The van der Waals surface area contributed by atoms with Crippen molar-refractivity contribution in [3.63, 3.8) is 0 Å². The average Bonchev–Trinajstić information content (AvgIpc) is 2.40. The number of carbonyl (C=O) groups excluding carboxylic acids is 1. The van der Waals surface area contributed by atoms with Crippen molar-refractivity contribution in [2.24, 2.45) is 0 Å². The van der Waals surface area contributed by atoms with E-state index in [0.717, 1.165) is 4.90 Å². The van der Waals surface area contributed by atoms with Crippen LogP contribution in [0.3, 0.4) is 0 Å². The molecule has 0 aliphatic carbocycles. The Balaban J connectivity index is 1.88. The number of hydrogen-bond acceptors (Lipinski definition) is 3. The molecule has 0 bridgehead atoms. The molecule has 1 aromatic rings. The molecule has 19 heavy (non-hydrogen) atoms. The fourth-order valence-corrected chi connectivity index (χ4v) is 2.92. The van der Waals surface area contributed by atoms with Crippen LogP contribution in [-0.4, -0.2) is 41.9 Å². The maximum absolute atomic E-state index is 12.2. The van der Waals surface area contributed by atoms with Gasteiger partial charge in [-0.1, -0.05) is 11.6 Å². The second-order valence-corrected chi connectivity index (χ2v) is 6.27. The van der Waals surface area contributed by atoms with E-state index in [-0.39, 0.29) is 18.1 Å². The molecular weight excluding hydrogens is 282 g/mol. The van der Waals surface area contributed by atoms with Crippen molar-refractivity contribution >= 4 is 29.3 Å². The zero-order valence-corrected chi connectivity index (χ0v) is 12.7. The molecule has 1 fully saturated rings. The first-order chi connectivity index (χ1) is 9.06. The lowest BCUT2D eigenvalue weighted by Gasteiger charge is -2.36. The second kappa shape index (κ2) is 6.64. The van der Waals surface area contributed by atoms with Gasteiger partial charge in [-0.3, -0.25) is 4.79 Å². The Hall–Kier alpha value is -0.710. The quantitative estimate of drug-likeness (QED) is 0.803. The number of thioether (sulfide) groups is 1. The number of amides is 1. The van der Waals surface area contributed by atoms with Gasteiger partial charge in [0.05, 0.1) is 24.5 Å². The van der Waals surface area contributed by atoms with E-state index >= 15 is 0 Å². The predicted octanol–water partition coefficient (Wildman–Crippen LogP) is 3.07. The number of halogens is 1. The summed E-state index contributed by atoms with van der Waals surface area (Å²) in [5, 5.41) is 0.714. The maximum atomic E-state index is 12.2. The summed E-state index contributed by atoms with van der Waals surface area (Å²) < 4.78 is 5.53. The fourth-order valence-electron chi connectivity index (χ4n) is 2.01. The summed E-state index contributed by atoms with van der Waals surface area (Å²) in [6.07, 6.45) is 0.126. The number of carbonyl (C=O) groups is 1. The van der Waals surface area contributed by atoms with Gasteiger partial charge in [0.2, 0.25) is 5.91 Å². The molecule has 104 valence electrons. The fraction of sp³-hybridized carbons (Fsp3) is 0.500. The van der Waals surface area contributed by atoms with E-state index < -0.39 is 0 Å². The summed E-state index contributed by atoms with van der Waals surface area (Å²) in [7, 11) is 0. The number of hydrogen-bond donors (Lipinski definition) is 0. The largest absolute Gasteiger partial charge is 0.375 e. The van der Waals surface area contributed by atoms with Crippen molar-refractivity contribution < 1.29 is 9.53 Å². The summed E-state index contributed by atoms with van der Waals surface area (Å²) in [6.45, 7) is 5.33. The Morgan fingerprint density at radius 3 is 2.79 bits per heavy atom. The molecule has 5 heteroatoms. The van der Waals surface area contributed by atoms with E-state index in [1.54, 1.807) is 11.8 Å². The lowest BCUT2D eigenvalue weighted by Crippen LogP contribution is -2.50. The number of nitrogens with zero attached hydrogens (tertiary/aromatic N) is 1. The minimum absolute atomic E-state index is 0.126. The van der Waals surface area contributed by atoms with Gasteiger partial charge in [-0.05, 0) is 38.1 Å². The van der Waals surface area contributed by atoms with Gasteiger partial charge in [0.25, 0.3) is 0 Å². The highest BCUT2D eigenvalue weighted by Crippen LogP contribution is 2.22. The van der Waals surface area contributed by atoms with Crippen molar-refractivity contribution in [2.75, 3.05) is 18.9 Å². The van der Waals surface area contributed by atoms with Gasteiger partial charge in [0.1, 0.15) is 0 Å². The summed E-state index contributed by atoms with van der Waals surface area (Å²) in [6, 6.07) is 7.72. The first-order valence-corrected chi connectivity index (χ1v) is 7.72. The van der Waals surface area contributed by atoms with Crippen LogP contribution in [0, 0.1) is 0 Å². The molecule has 2 rings (SSSR count). The molecule has 1 aliphatic rings. The molecule has 2 unspecified atom stereocenters. The van der Waals surface area contributed by atoms with E-state index in [2.05, 4.69) is 0 Å². The second-order valence-electron chi connectivity index (χ2n) is 4.78. The van der Waals surface area contributed by atoms with Crippen LogP contribution in [0.2, 0.25) is 5.02 Å². The van der Waals surface area contributed by atoms with Crippen molar-refractivity contribution in [1.29, 1.82) is 0 Å². The minimum atomic E-state index is 0.126. The molecule has 0 aromatic heterocycles. The number of rotatable bonds is 3. The third-order valence-electron chi connectivity index (χ3n) is 3.10. The Morgan fingerprint density at radius 1 is 1.42 bits per heavy atom. The highest BCUT2D eigenvalue weighted by atomic mass is 35.5. The predicted molar refractivity (Wildman–Crippen MR) is 78.8 cm³/mol. The smallest absolute Gasteiger partial charge is 0.233 e. The molecule has 0 spiro atoms. The molecule has 1 amide bonds. The topological polar surface area (TPSA) is 29.5 Å². The van der Waals surface area contributed by atoms with Crippen LogP contribution < -0.4 is 0 Å². The zero-order chi connectivity index (χ0) is 13.8. The van der Waals surface area contributed by atoms with Crippen molar-refractivity contribution in [3.05, 3.63) is 29.3 Å².